The molecule has 0 spiro atoms. The van der Waals surface area contributed by atoms with Crippen LogP contribution in [0.25, 0.3) is 0 Å². The van der Waals surface area contributed by atoms with E-state index < -0.39 is 12.0 Å². The number of nitrogens with zero attached hydrogens (tertiary/aromatic N) is 3. The fourth-order valence-electron chi connectivity index (χ4n) is 3.22. The molecule has 0 unspecified atom stereocenters. The fourth-order valence-corrected chi connectivity index (χ4v) is 3.62. The van der Waals surface area contributed by atoms with Gasteiger partial charge >= 0.3 is 0 Å². The number of thiocarbonyl (C=S) groups is 1. The van der Waals surface area contributed by atoms with E-state index in [9.17, 15) is 13.3 Å². The maximum atomic E-state index is 13.4. The molecule has 140 valence electrons. The molecular weight excluding hydrogens is 359 g/mol. The van der Waals surface area contributed by atoms with E-state index in [0.29, 0.717) is 18.7 Å². The second-order valence-corrected chi connectivity index (χ2v) is 7.34. The van der Waals surface area contributed by atoms with Crippen LogP contribution in [-0.4, -0.2) is 32.5 Å². The first-order chi connectivity index (χ1) is 12.4. The van der Waals surface area contributed by atoms with Crippen LogP contribution in [0, 0.1) is 0 Å². The molecule has 7 heteroatoms. The molecule has 2 aromatic rings. The van der Waals surface area contributed by atoms with Crippen LogP contribution in [0.2, 0.25) is 0 Å². The summed E-state index contributed by atoms with van der Waals surface area (Å²) >= 11 is 5.43. The Hall–Kier alpha value is -1.89. The molecule has 0 N–H and O–H groups in total. The lowest BCUT2D eigenvalue weighted by Crippen LogP contribution is -2.35. The van der Waals surface area contributed by atoms with Gasteiger partial charge in [0.2, 0.25) is 0 Å². The van der Waals surface area contributed by atoms with Gasteiger partial charge in [0.15, 0.2) is 0 Å². The molecule has 0 amide bonds. The lowest BCUT2D eigenvalue weighted by atomic mass is 9.95. The zero-order valence-electron chi connectivity index (χ0n) is 14.8. The minimum atomic E-state index is -2.81. The van der Waals surface area contributed by atoms with Gasteiger partial charge in [-0.2, -0.15) is 0 Å². The van der Waals surface area contributed by atoms with Crippen molar-refractivity contribution >= 4 is 17.2 Å². The number of halogens is 3. The first kappa shape index (κ1) is 18.9. The highest BCUT2D eigenvalue weighted by atomic mass is 32.1. The molecule has 1 saturated carbocycles. The van der Waals surface area contributed by atoms with Crippen molar-refractivity contribution in [2.75, 3.05) is 6.54 Å². The first-order valence-electron chi connectivity index (χ1n) is 8.81. The monoisotopic (exact) mass is 381 g/mol. The Morgan fingerprint density at radius 3 is 2.58 bits per heavy atom. The van der Waals surface area contributed by atoms with Crippen LogP contribution in [-0.2, 0) is 6.42 Å². The largest absolute Gasteiger partial charge is 0.358 e. The summed E-state index contributed by atoms with van der Waals surface area (Å²) in [6.45, 7) is 4.89. The highest BCUT2D eigenvalue weighted by molar-refractivity contribution is 7.80. The molecule has 0 radical (unpaired) electrons. The molecule has 1 aliphatic rings. The van der Waals surface area contributed by atoms with E-state index >= 15 is 0 Å². The summed E-state index contributed by atoms with van der Waals surface area (Å²) in [6, 6.07) is 8.44. The van der Waals surface area contributed by atoms with Crippen LogP contribution >= 0.6 is 12.2 Å². The Labute approximate surface area is 156 Å². The molecule has 1 fully saturated rings. The average Bonchev–Trinajstić information content (AvgIpc) is 3.35. The summed E-state index contributed by atoms with van der Waals surface area (Å²) in [5, 5.41) is 3.55. The van der Waals surface area contributed by atoms with Crippen molar-refractivity contribution in [3.8, 4) is 0 Å². The van der Waals surface area contributed by atoms with Crippen molar-refractivity contribution in [2.24, 2.45) is 0 Å². The minimum absolute atomic E-state index is 0.0811. The van der Waals surface area contributed by atoms with Crippen LogP contribution in [0.3, 0.4) is 0 Å². The summed E-state index contributed by atoms with van der Waals surface area (Å²) in [7, 11) is 0. The number of aromatic nitrogens is 2. The maximum Gasteiger partial charge on any atom is 0.267 e. The van der Waals surface area contributed by atoms with Crippen molar-refractivity contribution in [3.05, 3.63) is 52.8 Å². The maximum absolute atomic E-state index is 13.4. The topological polar surface area (TPSA) is 21.1 Å². The normalized spacial score (nSPS) is 14.3. The highest BCUT2D eigenvalue weighted by Crippen LogP contribution is 2.31. The Bertz CT molecular complexity index is 784. The number of hydrogen-bond donors (Lipinski definition) is 0. The van der Waals surface area contributed by atoms with E-state index in [2.05, 4.69) is 31.1 Å². The Balaban J connectivity index is 1.80. The second-order valence-electron chi connectivity index (χ2n) is 6.96. The van der Waals surface area contributed by atoms with Gasteiger partial charge in [0.1, 0.15) is 10.7 Å². The van der Waals surface area contributed by atoms with Gasteiger partial charge in [-0.1, -0.05) is 54.8 Å². The molecule has 0 bridgehead atoms. The van der Waals surface area contributed by atoms with E-state index in [1.165, 1.54) is 11.1 Å². The molecular formula is C19H22F3N3S. The fraction of sp³-hybridized carbons (Fsp3) is 0.474. The van der Waals surface area contributed by atoms with Gasteiger partial charge in [-0.3, -0.25) is 0 Å². The smallest absolute Gasteiger partial charge is 0.267 e. The summed E-state index contributed by atoms with van der Waals surface area (Å²) in [5.74, 6) is 0.403. The van der Waals surface area contributed by atoms with Crippen molar-refractivity contribution < 1.29 is 13.3 Å². The SMILES string of the molecule is CC(C)c1ccccc1CCN(C(=S)c1nn(F)cc1C(F)F)C1CC1. The van der Waals surface area contributed by atoms with Gasteiger partial charge in [0.25, 0.3) is 6.43 Å². The Kier molecular flexibility index (Phi) is 5.65. The predicted molar refractivity (Wildman–Crippen MR) is 99.4 cm³/mol. The van der Waals surface area contributed by atoms with E-state index in [4.69, 9.17) is 12.2 Å². The van der Waals surface area contributed by atoms with Crippen LogP contribution < -0.4 is 0 Å². The zero-order valence-corrected chi connectivity index (χ0v) is 15.6. The van der Waals surface area contributed by atoms with Crippen molar-refractivity contribution in [1.82, 2.24) is 14.9 Å². The van der Waals surface area contributed by atoms with Crippen molar-refractivity contribution in [3.63, 3.8) is 0 Å². The summed E-state index contributed by atoms with van der Waals surface area (Å²) in [4.78, 5) is 2.06. The molecule has 0 atom stereocenters. The van der Waals surface area contributed by atoms with Crippen molar-refractivity contribution in [2.45, 2.75) is 51.5 Å². The quantitative estimate of drug-likeness (QED) is 0.626. The Morgan fingerprint density at radius 1 is 1.27 bits per heavy atom. The third-order valence-corrected chi connectivity index (χ3v) is 5.13. The molecule has 1 aromatic carbocycles. The van der Waals surface area contributed by atoms with E-state index in [1.807, 2.05) is 17.0 Å². The molecule has 0 saturated heterocycles. The Morgan fingerprint density at radius 2 is 1.96 bits per heavy atom. The van der Waals surface area contributed by atoms with E-state index in [0.717, 1.165) is 19.3 Å². The van der Waals surface area contributed by atoms with E-state index in [1.54, 1.807) is 0 Å². The molecule has 1 heterocycles. The van der Waals surface area contributed by atoms with Gasteiger partial charge in [-0.25, -0.2) is 8.78 Å². The van der Waals surface area contributed by atoms with Gasteiger partial charge in [0, 0.05) is 12.6 Å². The van der Waals surface area contributed by atoms with Crippen molar-refractivity contribution in [1.29, 1.82) is 0 Å². The van der Waals surface area contributed by atoms with Crippen LogP contribution in [0.1, 0.15) is 61.4 Å². The van der Waals surface area contributed by atoms with Crippen LogP contribution in [0.15, 0.2) is 30.5 Å². The third kappa shape index (κ3) is 4.09. The average molecular weight is 381 g/mol. The highest BCUT2D eigenvalue weighted by Gasteiger charge is 2.34. The van der Waals surface area contributed by atoms with Gasteiger partial charge in [-0.05, 0) is 36.3 Å². The van der Waals surface area contributed by atoms with Gasteiger partial charge in [0.05, 0.1) is 11.8 Å². The lowest BCUT2D eigenvalue weighted by Gasteiger charge is -2.25. The van der Waals surface area contributed by atoms with Gasteiger partial charge in [-0.15, -0.1) is 10.0 Å². The molecule has 1 aromatic heterocycles. The predicted octanol–water partition coefficient (Wildman–Crippen LogP) is 5.06. The van der Waals surface area contributed by atoms with Gasteiger partial charge < -0.3 is 4.90 Å². The minimum Gasteiger partial charge on any atom is -0.358 e. The van der Waals surface area contributed by atoms with Crippen LogP contribution in [0.4, 0.5) is 13.3 Å². The lowest BCUT2D eigenvalue weighted by molar-refractivity contribution is 0.150. The standard InChI is InChI=1S/C19H22F3N3S/c1-12(2)15-6-4-3-5-13(15)9-10-24(14-7-8-14)19(26)17-16(18(20)21)11-25(22)23-17/h3-6,11-12,14,18H,7-10H2,1-2H3. The molecule has 0 aliphatic heterocycles. The molecule has 3 rings (SSSR count). The summed E-state index contributed by atoms with van der Waals surface area (Å²) in [6.07, 6.45) is 0.574. The van der Waals surface area contributed by atoms with Crippen LogP contribution in [0.5, 0.6) is 0 Å². The summed E-state index contributed by atoms with van der Waals surface area (Å²) in [5.41, 5.74) is 1.92. The van der Waals surface area contributed by atoms with E-state index in [-0.39, 0.29) is 21.6 Å². The third-order valence-electron chi connectivity index (χ3n) is 4.70. The molecule has 1 aliphatic carbocycles. The summed E-state index contributed by atoms with van der Waals surface area (Å²) < 4.78 is 39.7. The second kappa shape index (κ2) is 7.78. The molecule has 26 heavy (non-hydrogen) atoms. The number of hydrogen-bond acceptors (Lipinski definition) is 2. The zero-order chi connectivity index (χ0) is 18.8. The number of benzene rings is 1. The number of rotatable bonds is 7. The first-order valence-corrected chi connectivity index (χ1v) is 9.22. The molecule has 3 nitrogen and oxygen atoms in total. The number of alkyl halides is 2.